The molecule has 1 atom stereocenters. The van der Waals surface area contributed by atoms with E-state index in [0.29, 0.717) is 12.5 Å². The van der Waals surface area contributed by atoms with Gasteiger partial charge in [0.2, 0.25) is 0 Å². The number of hydrogen-bond donors (Lipinski definition) is 1. The molecule has 0 bridgehead atoms. The van der Waals surface area contributed by atoms with Crippen LogP contribution in [0.25, 0.3) is 0 Å². The number of likely N-dealkylation sites (tertiary alicyclic amines) is 1. The van der Waals surface area contributed by atoms with Gasteiger partial charge in [0, 0.05) is 32.9 Å². The third-order valence-electron chi connectivity index (χ3n) is 3.99. The van der Waals surface area contributed by atoms with E-state index in [9.17, 15) is 12.8 Å². The molecule has 5 nitrogen and oxygen atoms in total. The molecule has 1 aliphatic rings. The summed E-state index contributed by atoms with van der Waals surface area (Å²) >= 11 is 0. The van der Waals surface area contributed by atoms with Gasteiger partial charge in [-0.25, -0.2) is 12.8 Å². The summed E-state index contributed by atoms with van der Waals surface area (Å²) < 4.78 is 35.3. The van der Waals surface area contributed by atoms with Gasteiger partial charge in [-0.3, -0.25) is 4.99 Å². The standard InChI is InChI=1S/C16H24FN3O2S.HI/c1-18-16(19-8-10-23(2,21)22)20-9-7-14(12-20)11-13-3-5-15(17)6-4-13;/h3-6,14H,7-12H2,1-2H3,(H,18,19);1H. The summed E-state index contributed by atoms with van der Waals surface area (Å²) in [5, 5.41) is 3.11. The van der Waals surface area contributed by atoms with Gasteiger partial charge in [-0.2, -0.15) is 0 Å². The second-order valence-electron chi connectivity index (χ2n) is 6.04. The van der Waals surface area contributed by atoms with Crippen LogP contribution in [0.2, 0.25) is 0 Å². The molecule has 24 heavy (non-hydrogen) atoms. The highest BCUT2D eigenvalue weighted by Gasteiger charge is 2.25. The molecule has 0 spiro atoms. The second-order valence-corrected chi connectivity index (χ2v) is 8.29. The molecule has 1 N–H and O–H groups in total. The highest BCUT2D eigenvalue weighted by atomic mass is 127. The average Bonchev–Trinajstić information content (AvgIpc) is 2.93. The molecular formula is C16H25FIN3O2S. The first-order valence-electron chi connectivity index (χ1n) is 7.75. The minimum absolute atomic E-state index is 0. The van der Waals surface area contributed by atoms with Crippen molar-refractivity contribution in [1.29, 1.82) is 0 Å². The maximum Gasteiger partial charge on any atom is 0.193 e. The molecule has 0 aromatic heterocycles. The molecule has 1 unspecified atom stereocenters. The average molecular weight is 469 g/mol. The number of nitrogens with zero attached hydrogens (tertiary/aromatic N) is 2. The van der Waals surface area contributed by atoms with Crippen LogP contribution < -0.4 is 5.32 Å². The highest BCUT2D eigenvalue weighted by molar-refractivity contribution is 14.0. The normalized spacial score (nSPS) is 18.4. The lowest BCUT2D eigenvalue weighted by atomic mass is 9.99. The van der Waals surface area contributed by atoms with Crippen molar-refractivity contribution in [3.05, 3.63) is 35.6 Å². The SMILES string of the molecule is CN=C(NCCS(C)(=O)=O)N1CCC(Cc2ccc(F)cc2)C1.I. The Morgan fingerprint density at radius 3 is 2.62 bits per heavy atom. The minimum Gasteiger partial charge on any atom is -0.355 e. The molecule has 1 aromatic carbocycles. The number of aliphatic imine (C=N–C) groups is 1. The Morgan fingerprint density at radius 2 is 2.04 bits per heavy atom. The smallest absolute Gasteiger partial charge is 0.193 e. The van der Waals surface area contributed by atoms with E-state index >= 15 is 0 Å². The van der Waals surface area contributed by atoms with E-state index in [1.54, 1.807) is 7.05 Å². The predicted molar refractivity (Wildman–Crippen MR) is 106 cm³/mol. The number of guanidine groups is 1. The topological polar surface area (TPSA) is 61.8 Å². The van der Waals surface area contributed by atoms with E-state index < -0.39 is 9.84 Å². The van der Waals surface area contributed by atoms with Crippen molar-refractivity contribution in [1.82, 2.24) is 10.2 Å². The Hall–Kier alpha value is -0.900. The number of nitrogens with one attached hydrogen (secondary N) is 1. The van der Waals surface area contributed by atoms with Crippen LogP contribution in [0.1, 0.15) is 12.0 Å². The molecule has 1 aliphatic heterocycles. The van der Waals surface area contributed by atoms with Gasteiger partial charge in [0.1, 0.15) is 15.7 Å². The van der Waals surface area contributed by atoms with Gasteiger partial charge in [0.05, 0.1) is 5.75 Å². The van der Waals surface area contributed by atoms with Crippen LogP contribution in [0.3, 0.4) is 0 Å². The second kappa shape index (κ2) is 9.55. The van der Waals surface area contributed by atoms with Crippen molar-refractivity contribution in [3.8, 4) is 0 Å². The molecule has 1 aromatic rings. The van der Waals surface area contributed by atoms with Crippen LogP contribution in [0.5, 0.6) is 0 Å². The van der Waals surface area contributed by atoms with Gasteiger partial charge in [-0.15, -0.1) is 24.0 Å². The summed E-state index contributed by atoms with van der Waals surface area (Å²) in [5.74, 6) is 1.13. The van der Waals surface area contributed by atoms with Crippen LogP contribution in [-0.4, -0.2) is 58.0 Å². The molecule has 136 valence electrons. The maximum atomic E-state index is 12.9. The van der Waals surface area contributed by atoms with E-state index in [1.807, 2.05) is 12.1 Å². The lowest BCUT2D eigenvalue weighted by Crippen LogP contribution is -2.41. The number of benzene rings is 1. The fourth-order valence-electron chi connectivity index (χ4n) is 2.83. The van der Waals surface area contributed by atoms with Crippen molar-refractivity contribution in [3.63, 3.8) is 0 Å². The van der Waals surface area contributed by atoms with Crippen LogP contribution in [0, 0.1) is 11.7 Å². The van der Waals surface area contributed by atoms with Gasteiger partial charge in [0.25, 0.3) is 0 Å². The fraction of sp³-hybridized carbons (Fsp3) is 0.562. The van der Waals surface area contributed by atoms with Gasteiger partial charge in [0.15, 0.2) is 5.96 Å². The fourth-order valence-corrected chi connectivity index (χ4v) is 3.30. The summed E-state index contributed by atoms with van der Waals surface area (Å²) in [4.78, 5) is 6.38. The van der Waals surface area contributed by atoms with Crippen LogP contribution in [0.15, 0.2) is 29.3 Å². The van der Waals surface area contributed by atoms with Crippen molar-refractivity contribution in [2.24, 2.45) is 10.9 Å². The van der Waals surface area contributed by atoms with Crippen LogP contribution in [0.4, 0.5) is 4.39 Å². The summed E-state index contributed by atoms with van der Waals surface area (Å²) in [6.07, 6.45) is 3.19. The van der Waals surface area contributed by atoms with E-state index in [4.69, 9.17) is 0 Å². The zero-order valence-corrected chi connectivity index (χ0v) is 17.2. The highest BCUT2D eigenvalue weighted by Crippen LogP contribution is 2.21. The largest absolute Gasteiger partial charge is 0.355 e. The van der Waals surface area contributed by atoms with E-state index in [0.717, 1.165) is 37.5 Å². The van der Waals surface area contributed by atoms with Crippen LogP contribution >= 0.6 is 24.0 Å². The summed E-state index contributed by atoms with van der Waals surface area (Å²) in [6.45, 7) is 2.13. The van der Waals surface area contributed by atoms with Crippen molar-refractivity contribution in [2.75, 3.05) is 38.7 Å². The summed E-state index contributed by atoms with van der Waals surface area (Å²) in [5.41, 5.74) is 1.14. The van der Waals surface area contributed by atoms with Crippen molar-refractivity contribution in [2.45, 2.75) is 12.8 Å². The first-order valence-corrected chi connectivity index (χ1v) is 9.81. The molecule has 1 fully saturated rings. The Labute approximate surface area is 160 Å². The zero-order valence-electron chi connectivity index (χ0n) is 14.0. The number of sulfone groups is 1. The van der Waals surface area contributed by atoms with E-state index in [1.165, 1.54) is 18.4 Å². The number of halogens is 2. The molecule has 1 heterocycles. The Kier molecular flexibility index (Phi) is 8.41. The van der Waals surface area contributed by atoms with Crippen molar-refractivity contribution < 1.29 is 12.8 Å². The summed E-state index contributed by atoms with van der Waals surface area (Å²) in [7, 11) is -1.27. The molecule has 0 aliphatic carbocycles. The van der Waals surface area contributed by atoms with E-state index in [2.05, 4.69) is 15.2 Å². The zero-order chi connectivity index (χ0) is 16.9. The quantitative estimate of drug-likeness (QED) is 0.407. The van der Waals surface area contributed by atoms with Gasteiger partial charge in [-0.1, -0.05) is 12.1 Å². The molecule has 2 rings (SSSR count). The van der Waals surface area contributed by atoms with Gasteiger partial charge >= 0.3 is 0 Å². The predicted octanol–water partition coefficient (Wildman–Crippen LogP) is 1.93. The molecule has 8 heteroatoms. The molecular weight excluding hydrogens is 444 g/mol. The molecule has 0 saturated carbocycles. The molecule has 1 saturated heterocycles. The Bertz CT molecular complexity index is 650. The van der Waals surface area contributed by atoms with Crippen LogP contribution in [-0.2, 0) is 16.3 Å². The first kappa shape index (κ1) is 21.1. The molecule has 0 radical (unpaired) electrons. The first-order chi connectivity index (χ1) is 10.9. The lowest BCUT2D eigenvalue weighted by molar-refractivity contribution is 0.461. The Balaban J connectivity index is 0.00000288. The minimum atomic E-state index is -2.97. The third kappa shape index (κ3) is 6.92. The Morgan fingerprint density at radius 1 is 1.38 bits per heavy atom. The summed E-state index contributed by atoms with van der Waals surface area (Å²) in [6, 6.07) is 6.65. The molecule has 0 amide bonds. The monoisotopic (exact) mass is 469 g/mol. The third-order valence-corrected chi connectivity index (χ3v) is 4.94. The number of hydrogen-bond acceptors (Lipinski definition) is 3. The van der Waals surface area contributed by atoms with Crippen molar-refractivity contribution >= 4 is 39.8 Å². The van der Waals surface area contributed by atoms with Gasteiger partial charge in [-0.05, 0) is 36.5 Å². The van der Waals surface area contributed by atoms with E-state index in [-0.39, 0.29) is 35.5 Å². The lowest BCUT2D eigenvalue weighted by Gasteiger charge is -2.21. The van der Waals surface area contributed by atoms with Gasteiger partial charge < -0.3 is 10.2 Å². The maximum absolute atomic E-state index is 12.9. The number of rotatable bonds is 5.